The smallest absolute Gasteiger partial charge is 0.410 e. The molecule has 2 amide bonds. The van der Waals surface area contributed by atoms with Crippen LogP contribution in [0.25, 0.3) is 0 Å². The van der Waals surface area contributed by atoms with Gasteiger partial charge in [-0.2, -0.15) is 0 Å². The number of nitrogens with one attached hydrogen (secondary N) is 1. The molecule has 0 bridgehead atoms. The Balaban J connectivity index is 1.87. The van der Waals surface area contributed by atoms with Crippen LogP contribution in [0.5, 0.6) is 0 Å². The zero-order chi connectivity index (χ0) is 18.4. The first-order chi connectivity index (χ1) is 11.7. The second-order valence-corrected chi connectivity index (χ2v) is 7.01. The highest BCUT2D eigenvalue weighted by atomic mass is 16.6. The van der Waals surface area contributed by atoms with E-state index in [0.29, 0.717) is 0 Å². The predicted molar refractivity (Wildman–Crippen MR) is 91.0 cm³/mol. The molecular formula is C18H24N2O5. The van der Waals surface area contributed by atoms with Crippen molar-refractivity contribution in [2.24, 2.45) is 0 Å². The summed E-state index contributed by atoms with van der Waals surface area (Å²) >= 11 is 0. The average molecular weight is 348 g/mol. The van der Waals surface area contributed by atoms with Gasteiger partial charge in [-0.25, -0.2) is 9.59 Å². The van der Waals surface area contributed by atoms with E-state index in [-0.39, 0.29) is 31.9 Å². The zero-order valence-corrected chi connectivity index (χ0v) is 14.8. The summed E-state index contributed by atoms with van der Waals surface area (Å²) in [6.45, 7) is 5.59. The van der Waals surface area contributed by atoms with E-state index in [1.54, 1.807) is 20.8 Å². The van der Waals surface area contributed by atoms with Crippen molar-refractivity contribution in [2.45, 2.75) is 45.4 Å². The van der Waals surface area contributed by atoms with Gasteiger partial charge in [0.25, 0.3) is 0 Å². The van der Waals surface area contributed by atoms with E-state index in [0.717, 1.165) is 5.56 Å². The van der Waals surface area contributed by atoms with Crippen LogP contribution in [-0.4, -0.2) is 47.6 Å². The number of ether oxygens (including phenoxy) is 2. The van der Waals surface area contributed by atoms with Crippen LogP contribution in [0.1, 0.15) is 32.8 Å². The number of carbonyl (C=O) groups excluding carboxylic acids is 3. The highest BCUT2D eigenvalue weighted by Gasteiger charge is 2.31. The molecule has 1 aromatic carbocycles. The molecule has 0 aliphatic carbocycles. The molecule has 2 rings (SSSR count). The molecule has 7 heteroatoms. The monoisotopic (exact) mass is 348 g/mol. The van der Waals surface area contributed by atoms with Crippen molar-refractivity contribution in [3.8, 4) is 0 Å². The quantitative estimate of drug-likeness (QED) is 0.907. The maximum Gasteiger partial charge on any atom is 0.410 e. The summed E-state index contributed by atoms with van der Waals surface area (Å²) in [6, 6.07) is 8.80. The molecule has 1 saturated heterocycles. The van der Waals surface area contributed by atoms with E-state index in [1.807, 2.05) is 30.3 Å². The first-order valence-corrected chi connectivity index (χ1v) is 8.20. The molecule has 0 radical (unpaired) electrons. The number of rotatable bonds is 3. The first-order valence-electron chi connectivity index (χ1n) is 8.20. The van der Waals surface area contributed by atoms with Crippen LogP contribution in [0.3, 0.4) is 0 Å². The Labute approximate surface area is 147 Å². The third-order valence-electron chi connectivity index (χ3n) is 3.47. The first kappa shape index (κ1) is 18.8. The lowest BCUT2D eigenvalue weighted by atomic mass is 10.1. The van der Waals surface area contributed by atoms with Crippen molar-refractivity contribution in [1.29, 1.82) is 0 Å². The van der Waals surface area contributed by atoms with E-state index in [2.05, 4.69) is 5.32 Å². The largest absolute Gasteiger partial charge is 0.445 e. The van der Waals surface area contributed by atoms with Gasteiger partial charge in [0.15, 0.2) is 5.78 Å². The molecule has 7 nitrogen and oxygen atoms in total. The van der Waals surface area contributed by atoms with E-state index in [9.17, 15) is 14.4 Å². The summed E-state index contributed by atoms with van der Waals surface area (Å²) in [4.78, 5) is 37.2. The molecule has 1 aliphatic heterocycles. The maximum absolute atomic E-state index is 12.2. The fourth-order valence-electron chi connectivity index (χ4n) is 2.47. The van der Waals surface area contributed by atoms with E-state index >= 15 is 0 Å². The summed E-state index contributed by atoms with van der Waals surface area (Å²) in [6.07, 6.45) is -1.01. The van der Waals surface area contributed by atoms with Gasteiger partial charge in [0.05, 0.1) is 12.6 Å². The minimum Gasteiger partial charge on any atom is -0.445 e. The van der Waals surface area contributed by atoms with Crippen molar-refractivity contribution in [1.82, 2.24) is 10.2 Å². The minimum atomic E-state index is -0.628. The number of carbonyl (C=O) groups is 3. The van der Waals surface area contributed by atoms with E-state index in [1.165, 1.54) is 4.90 Å². The summed E-state index contributed by atoms with van der Waals surface area (Å²) in [5.41, 5.74) is 0.236. The Kier molecular flexibility index (Phi) is 6.01. The Bertz CT molecular complexity index is 624. The molecule has 0 spiro atoms. The van der Waals surface area contributed by atoms with E-state index < -0.39 is 23.8 Å². The number of likely N-dealkylation sites (tertiary alicyclic amines) is 1. The van der Waals surface area contributed by atoms with Crippen molar-refractivity contribution >= 4 is 18.0 Å². The lowest BCUT2D eigenvalue weighted by Crippen LogP contribution is -2.53. The molecule has 1 fully saturated rings. The number of piperidine rings is 1. The molecule has 1 aliphatic rings. The Morgan fingerprint density at radius 3 is 2.56 bits per heavy atom. The average Bonchev–Trinajstić information content (AvgIpc) is 2.51. The Morgan fingerprint density at radius 1 is 1.24 bits per heavy atom. The number of ketones is 1. The molecule has 1 aromatic rings. The third-order valence-corrected chi connectivity index (χ3v) is 3.47. The molecule has 25 heavy (non-hydrogen) atoms. The fraction of sp³-hybridized carbons (Fsp3) is 0.500. The number of hydrogen-bond donors (Lipinski definition) is 1. The van der Waals surface area contributed by atoms with Gasteiger partial charge in [0, 0.05) is 13.0 Å². The number of hydrogen-bond acceptors (Lipinski definition) is 5. The Morgan fingerprint density at radius 2 is 1.92 bits per heavy atom. The van der Waals surface area contributed by atoms with Crippen LogP contribution in [0.4, 0.5) is 9.59 Å². The van der Waals surface area contributed by atoms with Crippen LogP contribution in [0.15, 0.2) is 30.3 Å². The third kappa shape index (κ3) is 6.45. The van der Waals surface area contributed by atoms with Gasteiger partial charge >= 0.3 is 12.2 Å². The number of amides is 2. The summed E-state index contributed by atoms with van der Waals surface area (Å²) < 4.78 is 10.4. The van der Waals surface area contributed by atoms with Gasteiger partial charge in [0.2, 0.25) is 0 Å². The number of benzene rings is 1. The van der Waals surface area contributed by atoms with Gasteiger partial charge in [-0.3, -0.25) is 9.69 Å². The van der Waals surface area contributed by atoms with E-state index in [4.69, 9.17) is 9.47 Å². The molecule has 0 saturated carbocycles. The van der Waals surface area contributed by atoms with Gasteiger partial charge in [0.1, 0.15) is 12.2 Å². The lowest BCUT2D eigenvalue weighted by molar-refractivity contribution is -0.122. The highest BCUT2D eigenvalue weighted by molar-refractivity contribution is 5.86. The van der Waals surface area contributed by atoms with Crippen LogP contribution in [-0.2, 0) is 20.9 Å². The molecule has 1 N–H and O–H groups in total. The van der Waals surface area contributed by atoms with Crippen molar-refractivity contribution in [3.63, 3.8) is 0 Å². The summed E-state index contributed by atoms with van der Waals surface area (Å²) in [5.74, 6) is -0.135. The SMILES string of the molecule is CC(C)(C)OC(=O)NC1CC(=O)CN(C(=O)OCc2ccccc2)C1. The molecule has 0 aromatic heterocycles. The standard InChI is InChI=1S/C18H24N2O5/c1-18(2,3)25-16(22)19-14-9-15(21)11-20(10-14)17(23)24-12-13-7-5-4-6-8-13/h4-8,14H,9-12H2,1-3H3,(H,19,22). The van der Waals surface area contributed by atoms with Crippen LogP contribution >= 0.6 is 0 Å². The molecule has 1 heterocycles. The summed E-state index contributed by atoms with van der Waals surface area (Å²) in [7, 11) is 0. The van der Waals surface area contributed by atoms with Crippen LogP contribution in [0, 0.1) is 0 Å². The number of nitrogens with zero attached hydrogens (tertiary/aromatic N) is 1. The van der Waals surface area contributed by atoms with Gasteiger partial charge in [-0.05, 0) is 26.3 Å². The Hall–Kier alpha value is -2.57. The maximum atomic E-state index is 12.2. The zero-order valence-electron chi connectivity index (χ0n) is 14.8. The molecule has 136 valence electrons. The summed E-state index contributed by atoms with van der Waals surface area (Å²) in [5, 5.41) is 2.63. The van der Waals surface area contributed by atoms with Crippen molar-refractivity contribution < 1.29 is 23.9 Å². The molecular weight excluding hydrogens is 324 g/mol. The fourth-order valence-corrected chi connectivity index (χ4v) is 2.47. The number of Topliss-reactive ketones (excluding diaryl/α,β-unsaturated/α-hetero) is 1. The minimum absolute atomic E-state index is 0.0138. The second kappa shape index (κ2) is 8.00. The van der Waals surface area contributed by atoms with Crippen molar-refractivity contribution in [3.05, 3.63) is 35.9 Å². The van der Waals surface area contributed by atoms with Gasteiger partial charge < -0.3 is 14.8 Å². The van der Waals surface area contributed by atoms with Gasteiger partial charge in [-0.1, -0.05) is 30.3 Å². The second-order valence-electron chi connectivity index (χ2n) is 7.01. The molecule has 1 unspecified atom stereocenters. The normalized spacial score (nSPS) is 17.8. The van der Waals surface area contributed by atoms with Gasteiger partial charge in [-0.15, -0.1) is 0 Å². The topological polar surface area (TPSA) is 84.9 Å². The predicted octanol–water partition coefficient (Wildman–Crippen LogP) is 2.49. The number of alkyl carbamates (subject to hydrolysis) is 1. The van der Waals surface area contributed by atoms with Crippen LogP contribution < -0.4 is 5.32 Å². The highest BCUT2D eigenvalue weighted by Crippen LogP contribution is 2.12. The van der Waals surface area contributed by atoms with Crippen LogP contribution in [0.2, 0.25) is 0 Å². The molecule has 1 atom stereocenters. The van der Waals surface area contributed by atoms with Crippen molar-refractivity contribution in [2.75, 3.05) is 13.1 Å². The lowest BCUT2D eigenvalue weighted by Gasteiger charge is -2.32.